The summed E-state index contributed by atoms with van der Waals surface area (Å²) in [5.41, 5.74) is 1.53. The van der Waals surface area contributed by atoms with Crippen molar-refractivity contribution in [1.82, 2.24) is 19.7 Å². The van der Waals surface area contributed by atoms with Gasteiger partial charge in [0, 0.05) is 36.9 Å². The first-order valence-electron chi connectivity index (χ1n) is 11.8. The number of aromatic nitrogens is 3. The molecule has 0 amide bonds. The van der Waals surface area contributed by atoms with Gasteiger partial charge >= 0.3 is 6.18 Å². The van der Waals surface area contributed by atoms with E-state index in [1.165, 1.54) is 19.1 Å². The second-order valence-electron chi connectivity index (χ2n) is 9.72. The van der Waals surface area contributed by atoms with Gasteiger partial charge in [-0.25, -0.2) is 0 Å². The summed E-state index contributed by atoms with van der Waals surface area (Å²) in [5.74, 6) is 1.88. The van der Waals surface area contributed by atoms with Crippen molar-refractivity contribution in [3.8, 4) is 17.1 Å². The Morgan fingerprint density at radius 3 is 2.64 bits per heavy atom. The fourth-order valence-electron chi connectivity index (χ4n) is 5.28. The van der Waals surface area contributed by atoms with Crippen molar-refractivity contribution in [2.24, 2.45) is 13.0 Å². The Labute approximate surface area is 211 Å². The number of phenols is 1. The molecule has 1 N–H and O–H groups in total. The maximum Gasteiger partial charge on any atom is 0.416 e. The molecule has 6 nitrogen and oxygen atoms in total. The smallest absolute Gasteiger partial charge is 0.416 e. The molecule has 2 atom stereocenters. The molecule has 36 heavy (non-hydrogen) atoms. The van der Waals surface area contributed by atoms with Crippen molar-refractivity contribution in [3.63, 3.8) is 0 Å². The van der Waals surface area contributed by atoms with Crippen LogP contribution in [-0.4, -0.2) is 55.9 Å². The molecular formula is C26H27F3N4O2S. The highest BCUT2D eigenvalue weighted by atomic mass is 32.2. The first-order chi connectivity index (χ1) is 17.1. The number of benzene rings is 2. The molecule has 0 radical (unpaired) electrons. The lowest BCUT2D eigenvalue weighted by atomic mass is 9.92. The minimum atomic E-state index is -4.36. The number of ketones is 1. The molecule has 1 saturated carbocycles. The van der Waals surface area contributed by atoms with Crippen LogP contribution in [0.5, 0.6) is 5.75 Å². The molecular weight excluding hydrogens is 489 g/mol. The molecule has 190 valence electrons. The zero-order valence-corrected chi connectivity index (χ0v) is 20.9. The third kappa shape index (κ3) is 4.64. The SMILES string of the molecule is CC(=O)c1cc(C23CC2CN(CCCSc2nnc(-c4ccc(C(F)(F)F)cc4)n2C)C3)ccc1O. The van der Waals surface area contributed by atoms with Gasteiger partial charge in [0.2, 0.25) is 0 Å². The standard InChI is InChI=1S/C26H27F3N4O2S/c1-16(34)21-12-19(8-9-22(21)35)25-13-20(25)14-33(15-25)10-3-11-36-24-31-30-23(32(24)2)17-4-6-18(7-5-17)26(27,28)29/h4-9,12,20,35H,3,10-11,13-15H2,1-2H3. The van der Waals surface area contributed by atoms with Gasteiger partial charge in [-0.2, -0.15) is 13.2 Å². The van der Waals surface area contributed by atoms with Crippen LogP contribution in [-0.2, 0) is 18.6 Å². The quantitative estimate of drug-likeness (QED) is 0.253. The number of alkyl halides is 3. The topological polar surface area (TPSA) is 71.2 Å². The van der Waals surface area contributed by atoms with Crippen LogP contribution in [0.1, 0.15) is 41.3 Å². The highest BCUT2D eigenvalue weighted by Crippen LogP contribution is 2.59. The van der Waals surface area contributed by atoms with Crippen molar-refractivity contribution < 1.29 is 23.1 Å². The van der Waals surface area contributed by atoms with Crippen LogP contribution < -0.4 is 0 Å². The summed E-state index contributed by atoms with van der Waals surface area (Å²) in [5, 5.41) is 19.1. The highest BCUT2D eigenvalue weighted by molar-refractivity contribution is 7.99. The van der Waals surface area contributed by atoms with Gasteiger partial charge < -0.3 is 14.6 Å². The van der Waals surface area contributed by atoms with E-state index >= 15 is 0 Å². The lowest BCUT2D eigenvalue weighted by Gasteiger charge is -2.21. The maximum absolute atomic E-state index is 12.8. The lowest BCUT2D eigenvalue weighted by Crippen LogP contribution is -2.28. The molecule has 3 aromatic rings. The van der Waals surface area contributed by atoms with Crippen LogP contribution in [0.3, 0.4) is 0 Å². The Balaban J connectivity index is 1.14. The number of hydrogen-bond donors (Lipinski definition) is 1. The predicted molar refractivity (Wildman–Crippen MR) is 131 cm³/mol. The van der Waals surface area contributed by atoms with Gasteiger partial charge in [0.05, 0.1) is 11.1 Å². The van der Waals surface area contributed by atoms with Gasteiger partial charge in [0.25, 0.3) is 0 Å². The number of rotatable bonds is 8. The fourth-order valence-corrected chi connectivity index (χ4v) is 6.12. The number of aromatic hydroxyl groups is 1. The lowest BCUT2D eigenvalue weighted by molar-refractivity contribution is -0.137. The predicted octanol–water partition coefficient (Wildman–Crippen LogP) is 5.16. The van der Waals surface area contributed by atoms with Crippen molar-refractivity contribution in [3.05, 3.63) is 59.2 Å². The number of likely N-dealkylation sites (tertiary alicyclic amines) is 1. The van der Waals surface area contributed by atoms with Gasteiger partial charge in [-0.05, 0) is 62.1 Å². The molecule has 2 fully saturated rings. The Kier molecular flexibility index (Phi) is 6.36. The molecule has 0 bridgehead atoms. The first kappa shape index (κ1) is 24.8. The zero-order valence-electron chi connectivity index (χ0n) is 20.0. The summed E-state index contributed by atoms with van der Waals surface area (Å²) in [6.07, 6.45) is -2.28. The fraction of sp³-hybridized carbons (Fsp3) is 0.423. The average molecular weight is 517 g/mol. The van der Waals surface area contributed by atoms with Crippen LogP contribution in [0.4, 0.5) is 13.2 Å². The van der Waals surface area contributed by atoms with E-state index in [0.29, 0.717) is 22.9 Å². The van der Waals surface area contributed by atoms with E-state index in [1.54, 1.807) is 17.8 Å². The molecule has 2 aromatic carbocycles. The minimum absolute atomic E-state index is 0.0389. The number of halogens is 3. The summed E-state index contributed by atoms with van der Waals surface area (Å²) < 4.78 is 40.3. The second kappa shape index (κ2) is 9.23. The highest BCUT2D eigenvalue weighted by Gasteiger charge is 2.60. The second-order valence-corrected chi connectivity index (χ2v) is 10.8. The average Bonchev–Trinajstić information content (AvgIpc) is 3.21. The number of nitrogens with zero attached hydrogens (tertiary/aromatic N) is 4. The molecule has 0 spiro atoms. The molecule has 10 heteroatoms. The summed E-state index contributed by atoms with van der Waals surface area (Å²) in [7, 11) is 1.82. The molecule has 2 unspecified atom stereocenters. The van der Waals surface area contributed by atoms with Gasteiger partial charge in [0.15, 0.2) is 16.8 Å². The van der Waals surface area contributed by atoms with E-state index in [-0.39, 0.29) is 16.9 Å². The van der Waals surface area contributed by atoms with E-state index in [9.17, 15) is 23.1 Å². The molecule has 5 rings (SSSR count). The Morgan fingerprint density at radius 2 is 1.94 bits per heavy atom. The molecule has 1 aliphatic carbocycles. The van der Waals surface area contributed by atoms with Crippen LogP contribution >= 0.6 is 11.8 Å². The molecule has 2 aliphatic rings. The third-order valence-corrected chi connectivity index (χ3v) is 8.43. The number of hydrogen-bond acceptors (Lipinski definition) is 6. The van der Waals surface area contributed by atoms with Crippen molar-refractivity contribution in [1.29, 1.82) is 0 Å². The number of fused-ring (bicyclic) bond motifs is 1. The van der Waals surface area contributed by atoms with E-state index in [1.807, 2.05) is 23.7 Å². The number of thioether (sulfide) groups is 1. The minimum Gasteiger partial charge on any atom is -0.507 e. The summed E-state index contributed by atoms with van der Waals surface area (Å²) in [4.78, 5) is 14.3. The summed E-state index contributed by atoms with van der Waals surface area (Å²) in [6, 6.07) is 10.4. The number of phenolic OH excluding ortho intramolecular Hbond substituents is 1. The normalized spacial score (nSPS) is 21.5. The summed E-state index contributed by atoms with van der Waals surface area (Å²) in [6.45, 7) is 4.41. The van der Waals surface area contributed by atoms with Crippen molar-refractivity contribution in [2.45, 2.75) is 36.5 Å². The van der Waals surface area contributed by atoms with Gasteiger partial charge in [0.1, 0.15) is 5.75 Å². The number of Topliss-reactive ketones (excluding diaryl/α,β-unsaturated/α-hetero) is 1. The van der Waals surface area contributed by atoms with E-state index in [0.717, 1.165) is 61.1 Å². The van der Waals surface area contributed by atoms with E-state index < -0.39 is 11.7 Å². The van der Waals surface area contributed by atoms with Gasteiger partial charge in [-0.1, -0.05) is 30.0 Å². The molecule has 1 aliphatic heterocycles. The van der Waals surface area contributed by atoms with Gasteiger partial charge in [-0.3, -0.25) is 4.79 Å². The van der Waals surface area contributed by atoms with Crippen molar-refractivity contribution >= 4 is 17.5 Å². The van der Waals surface area contributed by atoms with Crippen LogP contribution in [0.25, 0.3) is 11.4 Å². The van der Waals surface area contributed by atoms with Crippen LogP contribution in [0, 0.1) is 5.92 Å². The number of carbonyl (C=O) groups excluding carboxylic acids is 1. The Morgan fingerprint density at radius 1 is 1.19 bits per heavy atom. The first-order valence-corrected chi connectivity index (χ1v) is 12.8. The zero-order chi connectivity index (χ0) is 25.7. The maximum atomic E-state index is 12.8. The summed E-state index contributed by atoms with van der Waals surface area (Å²) >= 11 is 1.58. The monoisotopic (exact) mass is 516 g/mol. The molecule has 2 heterocycles. The van der Waals surface area contributed by atoms with E-state index in [4.69, 9.17) is 0 Å². The van der Waals surface area contributed by atoms with Crippen LogP contribution in [0.2, 0.25) is 0 Å². The third-order valence-electron chi connectivity index (χ3n) is 7.32. The molecule has 1 saturated heterocycles. The molecule has 1 aromatic heterocycles. The Hall–Kier alpha value is -2.85. The van der Waals surface area contributed by atoms with E-state index in [2.05, 4.69) is 15.1 Å². The van der Waals surface area contributed by atoms with Gasteiger partial charge in [-0.15, -0.1) is 10.2 Å². The van der Waals surface area contributed by atoms with Crippen LogP contribution in [0.15, 0.2) is 47.6 Å². The van der Waals surface area contributed by atoms with Crippen molar-refractivity contribution in [2.75, 3.05) is 25.4 Å². The number of piperidine rings is 1. The largest absolute Gasteiger partial charge is 0.507 e. The number of carbonyl (C=O) groups is 1. The Bertz CT molecular complexity index is 1290.